The van der Waals surface area contributed by atoms with E-state index in [9.17, 15) is 0 Å². The summed E-state index contributed by atoms with van der Waals surface area (Å²) in [4.78, 5) is 5.36. The lowest BCUT2D eigenvalue weighted by Crippen LogP contribution is -2.66. The molecule has 110 valence electrons. The molecule has 20 heavy (non-hydrogen) atoms. The van der Waals surface area contributed by atoms with Crippen molar-refractivity contribution in [1.82, 2.24) is 15.1 Å². The molecular formula is C17H27N3. The van der Waals surface area contributed by atoms with E-state index in [2.05, 4.69) is 59.3 Å². The van der Waals surface area contributed by atoms with E-state index >= 15 is 0 Å². The quantitative estimate of drug-likeness (QED) is 0.906. The number of benzene rings is 1. The first-order chi connectivity index (χ1) is 9.74. The van der Waals surface area contributed by atoms with Gasteiger partial charge in [0.25, 0.3) is 0 Å². The van der Waals surface area contributed by atoms with Gasteiger partial charge < -0.3 is 5.32 Å². The fraction of sp³-hybridized carbons (Fsp3) is 0.647. The van der Waals surface area contributed by atoms with E-state index in [1.807, 2.05) is 0 Å². The maximum Gasteiger partial charge on any atom is 0.0352 e. The molecule has 0 bridgehead atoms. The monoisotopic (exact) mass is 273 g/mol. The first-order valence-corrected chi connectivity index (χ1v) is 7.97. The predicted molar refractivity (Wildman–Crippen MR) is 83.7 cm³/mol. The van der Waals surface area contributed by atoms with Crippen LogP contribution in [0, 0.1) is 5.92 Å². The summed E-state index contributed by atoms with van der Waals surface area (Å²) in [5, 5.41) is 3.63. The number of fused-ring (bicyclic) bond motifs is 1. The maximum atomic E-state index is 3.63. The SMILES string of the molecule is CC(C)C1CNCC2CN(Cc3ccccc3)CCN21. The molecule has 2 saturated heterocycles. The van der Waals surface area contributed by atoms with Crippen LogP contribution in [0.1, 0.15) is 19.4 Å². The summed E-state index contributed by atoms with van der Waals surface area (Å²) in [7, 11) is 0. The van der Waals surface area contributed by atoms with Crippen LogP contribution in [-0.4, -0.2) is 54.6 Å². The molecule has 3 rings (SSSR count). The lowest BCUT2D eigenvalue weighted by atomic mass is 9.95. The van der Waals surface area contributed by atoms with E-state index in [4.69, 9.17) is 0 Å². The fourth-order valence-electron chi connectivity index (χ4n) is 3.67. The zero-order valence-electron chi connectivity index (χ0n) is 12.8. The van der Waals surface area contributed by atoms with Crippen LogP contribution in [0.5, 0.6) is 0 Å². The Morgan fingerprint density at radius 3 is 2.70 bits per heavy atom. The fourth-order valence-corrected chi connectivity index (χ4v) is 3.67. The zero-order valence-corrected chi connectivity index (χ0v) is 12.8. The molecule has 2 fully saturated rings. The maximum absolute atomic E-state index is 3.63. The van der Waals surface area contributed by atoms with Crippen molar-refractivity contribution < 1.29 is 0 Å². The topological polar surface area (TPSA) is 18.5 Å². The molecule has 0 aromatic heterocycles. The van der Waals surface area contributed by atoms with Crippen LogP contribution in [0.15, 0.2) is 30.3 Å². The minimum absolute atomic E-state index is 0.689. The Kier molecular flexibility index (Phi) is 4.39. The smallest absolute Gasteiger partial charge is 0.0352 e. The summed E-state index contributed by atoms with van der Waals surface area (Å²) in [6.45, 7) is 11.7. The molecule has 3 heteroatoms. The number of nitrogens with one attached hydrogen (secondary N) is 1. The summed E-state index contributed by atoms with van der Waals surface area (Å²) < 4.78 is 0. The van der Waals surface area contributed by atoms with Gasteiger partial charge in [0.2, 0.25) is 0 Å². The standard InChI is InChI=1S/C17H27N3/c1-14(2)17-11-18-10-16-13-19(8-9-20(16)17)12-15-6-4-3-5-7-15/h3-7,14,16-18H,8-13H2,1-2H3. The first kappa shape index (κ1) is 14.1. The van der Waals surface area contributed by atoms with Gasteiger partial charge in [0.15, 0.2) is 0 Å². The lowest BCUT2D eigenvalue weighted by molar-refractivity contribution is 0.00139. The van der Waals surface area contributed by atoms with Gasteiger partial charge in [-0.25, -0.2) is 0 Å². The molecule has 0 radical (unpaired) electrons. The van der Waals surface area contributed by atoms with Gasteiger partial charge in [-0.05, 0) is 11.5 Å². The highest BCUT2D eigenvalue weighted by atomic mass is 15.3. The Morgan fingerprint density at radius 2 is 1.95 bits per heavy atom. The molecule has 1 aromatic rings. The van der Waals surface area contributed by atoms with Gasteiger partial charge in [0.1, 0.15) is 0 Å². The predicted octanol–water partition coefficient (Wildman–Crippen LogP) is 1.80. The molecule has 3 nitrogen and oxygen atoms in total. The third kappa shape index (κ3) is 3.05. The van der Waals surface area contributed by atoms with Crippen LogP contribution < -0.4 is 5.32 Å². The number of rotatable bonds is 3. The van der Waals surface area contributed by atoms with Crippen molar-refractivity contribution in [2.24, 2.45) is 5.92 Å². The third-order valence-electron chi connectivity index (χ3n) is 4.79. The van der Waals surface area contributed by atoms with Crippen molar-refractivity contribution >= 4 is 0 Å². The van der Waals surface area contributed by atoms with Crippen LogP contribution in [0.3, 0.4) is 0 Å². The largest absolute Gasteiger partial charge is 0.314 e. The number of piperazine rings is 2. The van der Waals surface area contributed by atoms with Gasteiger partial charge in [0, 0.05) is 51.4 Å². The van der Waals surface area contributed by atoms with Gasteiger partial charge in [-0.3, -0.25) is 9.80 Å². The molecule has 2 aliphatic rings. The van der Waals surface area contributed by atoms with E-state index < -0.39 is 0 Å². The Labute approximate surface area is 123 Å². The van der Waals surface area contributed by atoms with Gasteiger partial charge in [0.05, 0.1) is 0 Å². The highest BCUT2D eigenvalue weighted by Gasteiger charge is 2.35. The Bertz CT molecular complexity index is 418. The van der Waals surface area contributed by atoms with Crippen LogP contribution >= 0.6 is 0 Å². The lowest BCUT2D eigenvalue weighted by Gasteiger charge is -2.49. The second-order valence-electron chi connectivity index (χ2n) is 6.58. The minimum atomic E-state index is 0.689. The molecule has 2 aliphatic heterocycles. The first-order valence-electron chi connectivity index (χ1n) is 7.97. The Hall–Kier alpha value is -0.900. The zero-order chi connectivity index (χ0) is 13.9. The van der Waals surface area contributed by atoms with E-state index in [1.165, 1.54) is 25.2 Å². The highest BCUT2D eigenvalue weighted by Crippen LogP contribution is 2.21. The van der Waals surface area contributed by atoms with Gasteiger partial charge >= 0.3 is 0 Å². The molecule has 1 aromatic carbocycles. The molecule has 2 atom stereocenters. The van der Waals surface area contributed by atoms with E-state index in [0.29, 0.717) is 12.1 Å². The molecular weight excluding hydrogens is 246 g/mol. The molecule has 0 saturated carbocycles. The van der Waals surface area contributed by atoms with Crippen molar-refractivity contribution in [2.75, 3.05) is 32.7 Å². The second kappa shape index (κ2) is 6.25. The number of nitrogens with zero attached hydrogens (tertiary/aromatic N) is 2. The van der Waals surface area contributed by atoms with Crippen LogP contribution in [0.4, 0.5) is 0 Å². The summed E-state index contributed by atoms with van der Waals surface area (Å²) in [5.74, 6) is 0.742. The number of hydrogen-bond acceptors (Lipinski definition) is 3. The molecule has 0 amide bonds. The van der Waals surface area contributed by atoms with Crippen molar-refractivity contribution in [3.8, 4) is 0 Å². The van der Waals surface area contributed by atoms with Crippen molar-refractivity contribution in [3.05, 3.63) is 35.9 Å². The Balaban J connectivity index is 1.61. The molecule has 1 N–H and O–H groups in total. The average Bonchev–Trinajstić information content (AvgIpc) is 2.47. The van der Waals surface area contributed by atoms with Gasteiger partial charge in [-0.2, -0.15) is 0 Å². The second-order valence-corrected chi connectivity index (χ2v) is 6.58. The van der Waals surface area contributed by atoms with Gasteiger partial charge in [-0.1, -0.05) is 44.2 Å². The molecule has 2 unspecified atom stereocenters. The summed E-state index contributed by atoms with van der Waals surface area (Å²) >= 11 is 0. The number of hydrogen-bond donors (Lipinski definition) is 1. The molecule has 2 heterocycles. The normalized spacial score (nSPS) is 28.6. The van der Waals surface area contributed by atoms with Crippen molar-refractivity contribution in [2.45, 2.75) is 32.5 Å². The van der Waals surface area contributed by atoms with E-state index in [-0.39, 0.29) is 0 Å². The summed E-state index contributed by atoms with van der Waals surface area (Å²) in [5.41, 5.74) is 1.44. The minimum Gasteiger partial charge on any atom is -0.314 e. The van der Waals surface area contributed by atoms with Crippen LogP contribution in [0.2, 0.25) is 0 Å². The van der Waals surface area contributed by atoms with Gasteiger partial charge in [-0.15, -0.1) is 0 Å². The van der Waals surface area contributed by atoms with E-state index in [0.717, 1.165) is 25.6 Å². The Morgan fingerprint density at radius 1 is 1.15 bits per heavy atom. The molecule has 0 spiro atoms. The molecule has 0 aliphatic carbocycles. The highest BCUT2D eigenvalue weighted by molar-refractivity contribution is 5.14. The van der Waals surface area contributed by atoms with Crippen LogP contribution in [0.25, 0.3) is 0 Å². The van der Waals surface area contributed by atoms with Crippen molar-refractivity contribution in [3.63, 3.8) is 0 Å². The summed E-state index contributed by atoms with van der Waals surface area (Å²) in [6.07, 6.45) is 0. The third-order valence-corrected chi connectivity index (χ3v) is 4.79. The van der Waals surface area contributed by atoms with Crippen LogP contribution in [-0.2, 0) is 6.54 Å². The van der Waals surface area contributed by atoms with E-state index in [1.54, 1.807) is 0 Å². The summed E-state index contributed by atoms with van der Waals surface area (Å²) in [6, 6.07) is 12.3. The van der Waals surface area contributed by atoms with Crippen molar-refractivity contribution in [1.29, 1.82) is 0 Å². The average molecular weight is 273 g/mol.